The number of aryl methyl sites for hydroxylation is 1. The summed E-state index contributed by atoms with van der Waals surface area (Å²) in [4.78, 5) is 14.0. The zero-order valence-electron chi connectivity index (χ0n) is 14.7. The lowest BCUT2D eigenvalue weighted by molar-refractivity contribution is -0.115. The van der Waals surface area contributed by atoms with Gasteiger partial charge in [-0.15, -0.1) is 10.2 Å². The average Bonchev–Trinajstić information content (AvgIpc) is 3.07. The Labute approximate surface area is 161 Å². The van der Waals surface area contributed by atoms with E-state index < -0.39 is 0 Å². The standard InChI is InChI=1S/C21H17ClN4O/c1-14-11-19-20(25-26(24-19)17-5-3-2-4-6-17)13-18(14)23-21(27)12-15-7-9-16(22)10-8-15/h2-11,13H,12H2,1H3,(H,23,27). The van der Waals surface area contributed by atoms with E-state index in [-0.39, 0.29) is 12.3 Å². The van der Waals surface area contributed by atoms with Crippen LogP contribution < -0.4 is 5.32 Å². The van der Waals surface area contributed by atoms with Gasteiger partial charge in [-0.25, -0.2) is 0 Å². The van der Waals surface area contributed by atoms with E-state index in [0.717, 1.165) is 33.5 Å². The Morgan fingerprint density at radius 1 is 1.00 bits per heavy atom. The molecule has 3 aromatic carbocycles. The fourth-order valence-corrected chi connectivity index (χ4v) is 2.99. The summed E-state index contributed by atoms with van der Waals surface area (Å²) in [6, 6.07) is 20.8. The minimum atomic E-state index is -0.0878. The Morgan fingerprint density at radius 2 is 1.67 bits per heavy atom. The molecule has 4 aromatic rings. The Morgan fingerprint density at radius 3 is 2.37 bits per heavy atom. The number of nitrogens with zero attached hydrogens (tertiary/aromatic N) is 3. The Balaban J connectivity index is 1.57. The molecule has 1 aromatic heterocycles. The van der Waals surface area contributed by atoms with E-state index in [4.69, 9.17) is 11.6 Å². The SMILES string of the molecule is Cc1cc2nn(-c3ccccc3)nc2cc1NC(=O)Cc1ccc(Cl)cc1. The minimum absolute atomic E-state index is 0.0878. The van der Waals surface area contributed by atoms with Crippen LogP contribution in [0.2, 0.25) is 5.02 Å². The molecule has 0 saturated carbocycles. The fourth-order valence-electron chi connectivity index (χ4n) is 2.86. The summed E-state index contributed by atoms with van der Waals surface area (Å²) in [6.45, 7) is 1.94. The summed E-state index contributed by atoms with van der Waals surface area (Å²) < 4.78 is 0. The van der Waals surface area contributed by atoms with E-state index in [0.29, 0.717) is 5.02 Å². The monoisotopic (exact) mass is 376 g/mol. The lowest BCUT2D eigenvalue weighted by Gasteiger charge is -2.08. The number of benzene rings is 3. The van der Waals surface area contributed by atoms with E-state index in [1.165, 1.54) is 0 Å². The number of anilines is 1. The molecule has 4 rings (SSSR count). The second-order valence-corrected chi connectivity index (χ2v) is 6.77. The third-order valence-electron chi connectivity index (χ3n) is 4.27. The van der Waals surface area contributed by atoms with Gasteiger partial charge in [0.2, 0.25) is 5.91 Å². The van der Waals surface area contributed by atoms with Gasteiger partial charge >= 0.3 is 0 Å². The molecule has 0 aliphatic heterocycles. The normalized spacial score (nSPS) is 10.9. The number of halogens is 1. The topological polar surface area (TPSA) is 59.8 Å². The van der Waals surface area contributed by atoms with Crippen molar-refractivity contribution in [1.29, 1.82) is 0 Å². The number of carbonyl (C=O) groups excluding carboxylic acids is 1. The van der Waals surface area contributed by atoms with Gasteiger partial charge in [0.05, 0.1) is 12.1 Å². The van der Waals surface area contributed by atoms with Crippen LogP contribution >= 0.6 is 11.6 Å². The lowest BCUT2D eigenvalue weighted by Crippen LogP contribution is -2.15. The van der Waals surface area contributed by atoms with Crippen LogP contribution in [0, 0.1) is 6.92 Å². The van der Waals surface area contributed by atoms with Crippen LogP contribution in [0.25, 0.3) is 16.7 Å². The Hall–Kier alpha value is -3.18. The molecule has 0 radical (unpaired) electrons. The number of nitrogens with one attached hydrogen (secondary N) is 1. The number of carbonyl (C=O) groups is 1. The number of aromatic nitrogens is 3. The molecule has 0 bridgehead atoms. The third-order valence-corrected chi connectivity index (χ3v) is 4.52. The number of rotatable bonds is 4. The zero-order chi connectivity index (χ0) is 18.8. The molecule has 5 nitrogen and oxygen atoms in total. The van der Waals surface area contributed by atoms with Gasteiger partial charge in [0.1, 0.15) is 11.0 Å². The first-order chi connectivity index (χ1) is 13.1. The van der Waals surface area contributed by atoms with Gasteiger partial charge in [0.25, 0.3) is 0 Å². The predicted molar refractivity (Wildman–Crippen MR) is 107 cm³/mol. The van der Waals surface area contributed by atoms with Crippen LogP contribution in [-0.2, 0) is 11.2 Å². The first-order valence-electron chi connectivity index (χ1n) is 8.56. The average molecular weight is 377 g/mol. The Bertz CT molecular complexity index is 1100. The zero-order valence-corrected chi connectivity index (χ0v) is 15.4. The highest BCUT2D eigenvalue weighted by molar-refractivity contribution is 6.30. The molecule has 0 unspecified atom stereocenters. The molecule has 0 aliphatic rings. The molecule has 6 heteroatoms. The first-order valence-corrected chi connectivity index (χ1v) is 8.94. The van der Waals surface area contributed by atoms with Crippen molar-refractivity contribution in [1.82, 2.24) is 15.0 Å². The summed E-state index contributed by atoms with van der Waals surface area (Å²) in [5, 5.41) is 12.7. The van der Waals surface area contributed by atoms with E-state index in [9.17, 15) is 4.79 Å². The maximum Gasteiger partial charge on any atom is 0.228 e. The lowest BCUT2D eigenvalue weighted by atomic mass is 10.1. The molecule has 27 heavy (non-hydrogen) atoms. The number of para-hydroxylation sites is 1. The van der Waals surface area contributed by atoms with Crippen molar-refractivity contribution in [2.45, 2.75) is 13.3 Å². The van der Waals surface area contributed by atoms with Crippen LogP contribution in [0.5, 0.6) is 0 Å². The van der Waals surface area contributed by atoms with E-state index in [2.05, 4.69) is 15.5 Å². The molecule has 0 saturated heterocycles. The van der Waals surface area contributed by atoms with Gasteiger partial charge in [-0.05, 0) is 54.4 Å². The maximum absolute atomic E-state index is 12.4. The number of fused-ring (bicyclic) bond motifs is 1. The highest BCUT2D eigenvalue weighted by atomic mass is 35.5. The predicted octanol–water partition coefficient (Wildman–Crippen LogP) is 4.56. The quantitative estimate of drug-likeness (QED) is 0.567. The van der Waals surface area contributed by atoms with Crippen molar-refractivity contribution in [2.24, 2.45) is 0 Å². The molecule has 1 heterocycles. The molecule has 134 valence electrons. The number of hydrogen-bond donors (Lipinski definition) is 1. The second-order valence-electron chi connectivity index (χ2n) is 6.33. The van der Waals surface area contributed by atoms with Crippen molar-refractivity contribution >= 4 is 34.2 Å². The van der Waals surface area contributed by atoms with Gasteiger partial charge in [-0.3, -0.25) is 4.79 Å². The molecule has 0 aliphatic carbocycles. The highest BCUT2D eigenvalue weighted by Gasteiger charge is 2.11. The van der Waals surface area contributed by atoms with E-state index in [1.807, 2.05) is 61.5 Å². The summed E-state index contributed by atoms with van der Waals surface area (Å²) in [5.41, 5.74) is 4.98. The molecular weight excluding hydrogens is 360 g/mol. The van der Waals surface area contributed by atoms with E-state index >= 15 is 0 Å². The number of amides is 1. The van der Waals surface area contributed by atoms with Crippen LogP contribution in [0.15, 0.2) is 66.7 Å². The smallest absolute Gasteiger partial charge is 0.228 e. The summed E-state index contributed by atoms with van der Waals surface area (Å²) in [6.07, 6.45) is 0.283. The summed E-state index contributed by atoms with van der Waals surface area (Å²) in [7, 11) is 0. The van der Waals surface area contributed by atoms with E-state index in [1.54, 1.807) is 16.9 Å². The molecule has 1 N–H and O–H groups in total. The van der Waals surface area contributed by atoms with Crippen molar-refractivity contribution in [3.8, 4) is 5.69 Å². The molecular formula is C21H17ClN4O. The molecule has 1 amide bonds. The van der Waals surface area contributed by atoms with Crippen LogP contribution in [0.3, 0.4) is 0 Å². The van der Waals surface area contributed by atoms with Crippen molar-refractivity contribution in [2.75, 3.05) is 5.32 Å². The van der Waals surface area contributed by atoms with Crippen LogP contribution in [0.4, 0.5) is 5.69 Å². The third kappa shape index (κ3) is 3.83. The number of hydrogen-bond acceptors (Lipinski definition) is 3. The van der Waals surface area contributed by atoms with Crippen molar-refractivity contribution < 1.29 is 4.79 Å². The van der Waals surface area contributed by atoms with Gasteiger partial charge in [-0.1, -0.05) is 41.9 Å². The largest absolute Gasteiger partial charge is 0.325 e. The maximum atomic E-state index is 12.4. The van der Waals surface area contributed by atoms with Crippen molar-refractivity contribution in [3.63, 3.8) is 0 Å². The second kappa shape index (κ2) is 7.21. The molecule has 0 fully saturated rings. The van der Waals surface area contributed by atoms with Gasteiger partial charge in [0.15, 0.2) is 0 Å². The van der Waals surface area contributed by atoms with Crippen LogP contribution in [-0.4, -0.2) is 20.9 Å². The minimum Gasteiger partial charge on any atom is -0.325 e. The fraction of sp³-hybridized carbons (Fsp3) is 0.0952. The highest BCUT2D eigenvalue weighted by Crippen LogP contribution is 2.22. The Kier molecular flexibility index (Phi) is 4.60. The summed E-state index contributed by atoms with van der Waals surface area (Å²) >= 11 is 5.89. The summed E-state index contributed by atoms with van der Waals surface area (Å²) in [5.74, 6) is -0.0878. The van der Waals surface area contributed by atoms with Gasteiger partial charge in [0, 0.05) is 10.7 Å². The van der Waals surface area contributed by atoms with Gasteiger partial charge in [-0.2, -0.15) is 4.80 Å². The van der Waals surface area contributed by atoms with Crippen molar-refractivity contribution in [3.05, 3.63) is 82.9 Å². The molecule has 0 spiro atoms. The first kappa shape index (κ1) is 17.2. The molecule has 0 atom stereocenters. The van der Waals surface area contributed by atoms with Crippen LogP contribution in [0.1, 0.15) is 11.1 Å². The van der Waals surface area contributed by atoms with Gasteiger partial charge < -0.3 is 5.32 Å².